The van der Waals surface area contributed by atoms with E-state index in [-0.39, 0.29) is 11.1 Å². The number of aromatic hydroxyl groups is 1. The van der Waals surface area contributed by atoms with Gasteiger partial charge < -0.3 is 5.11 Å². The van der Waals surface area contributed by atoms with Gasteiger partial charge in [-0.15, -0.1) is 0 Å². The van der Waals surface area contributed by atoms with Crippen LogP contribution >= 0.6 is 0 Å². The van der Waals surface area contributed by atoms with Crippen molar-refractivity contribution in [3.63, 3.8) is 0 Å². The molecule has 0 aromatic heterocycles. The zero-order chi connectivity index (χ0) is 9.42. The second-order valence-corrected chi connectivity index (χ2v) is 2.51. The quantitative estimate of drug-likeness (QED) is 0.499. The normalized spacial score (nSPS) is 14.5. The fraction of sp³-hybridized carbons (Fsp3) is 0. The topological polar surface area (TPSA) is 79.1 Å². The highest BCUT2D eigenvalue weighted by Gasteiger charge is 2.14. The van der Waals surface area contributed by atoms with Crippen LogP contribution in [0.1, 0.15) is 0 Å². The first-order valence-electron chi connectivity index (χ1n) is 3.51. The first kappa shape index (κ1) is 7.60. The molecular weight excluding hydrogens is 172 g/mol. The number of fused-ring (bicyclic) bond motifs is 1. The minimum Gasteiger partial charge on any atom is -0.508 e. The molecular formula is C8H4N2O3. The maximum Gasteiger partial charge on any atom is 0.338 e. The van der Waals surface area contributed by atoms with Gasteiger partial charge in [-0.2, -0.15) is 0 Å². The van der Waals surface area contributed by atoms with Crippen molar-refractivity contribution in [1.29, 1.82) is 0 Å². The summed E-state index contributed by atoms with van der Waals surface area (Å²) < 4.78 is 0. The van der Waals surface area contributed by atoms with Crippen molar-refractivity contribution in [1.82, 2.24) is 0 Å². The standard InChI is InChI=1S/C8H4N2O3/c11-4-1-2-5-6(3-4)10-8(13)7(12)9-5/h1-3,11H. The first-order chi connectivity index (χ1) is 6.16. The molecule has 2 amide bonds. The Morgan fingerprint density at radius 2 is 1.62 bits per heavy atom. The van der Waals surface area contributed by atoms with Crippen molar-refractivity contribution in [2.75, 3.05) is 0 Å². The third-order valence-electron chi connectivity index (χ3n) is 1.59. The molecule has 1 aromatic rings. The molecule has 0 atom stereocenters. The summed E-state index contributed by atoms with van der Waals surface area (Å²) in [5.74, 6) is -1.80. The molecule has 0 fully saturated rings. The summed E-state index contributed by atoms with van der Waals surface area (Å²) in [5, 5.41) is 9.58. The minimum absolute atomic E-state index is 0.0140. The molecule has 1 aliphatic rings. The lowest BCUT2D eigenvalue weighted by atomic mass is 10.3. The predicted molar refractivity (Wildman–Crippen MR) is 40.4 cm³/mol. The van der Waals surface area contributed by atoms with E-state index in [2.05, 4.69) is 9.98 Å². The van der Waals surface area contributed by atoms with Gasteiger partial charge in [0.2, 0.25) is 0 Å². The Morgan fingerprint density at radius 1 is 1.00 bits per heavy atom. The van der Waals surface area contributed by atoms with E-state index in [0.717, 1.165) is 0 Å². The Morgan fingerprint density at radius 3 is 2.31 bits per heavy atom. The van der Waals surface area contributed by atoms with E-state index in [4.69, 9.17) is 5.11 Å². The number of hydrogen-bond acceptors (Lipinski definition) is 3. The van der Waals surface area contributed by atoms with Gasteiger partial charge in [0.25, 0.3) is 0 Å². The molecule has 0 saturated carbocycles. The molecule has 2 rings (SSSR count). The molecule has 0 aliphatic carbocycles. The molecule has 1 N–H and O–H groups in total. The van der Waals surface area contributed by atoms with Crippen molar-refractivity contribution in [3.05, 3.63) is 28.9 Å². The minimum atomic E-state index is -0.905. The van der Waals surface area contributed by atoms with Crippen LogP contribution in [-0.2, 0) is 9.59 Å². The third-order valence-corrected chi connectivity index (χ3v) is 1.59. The van der Waals surface area contributed by atoms with Crippen molar-refractivity contribution >= 4 is 11.8 Å². The van der Waals surface area contributed by atoms with Crippen LogP contribution in [0.5, 0.6) is 5.75 Å². The van der Waals surface area contributed by atoms with Crippen LogP contribution < -0.4 is 10.7 Å². The molecule has 0 unspecified atom stereocenters. The van der Waals surface area contributed by atoms with Crippen molar-refractivity contribution in [3.8, 4) is 5.75 Å². The number of phenols is 1. The fourth-order valence-electron chi connectivity index (χ4n) is 1.01. The maximum atomic E-state index is 10.8. The lowest BCUT2D eigenvalue weighted by molar-refractivity contribution is -0.135. The van der Waals surface area contributed by atoms with Crippen LogP contribution in [0, 0.1) is 0 Å². The van der Waals surface area contributed by atoms with Crippen LogP contribution in [0.15, 0.2) is 28.2 Å². The number of carbonyl (C=O) groups is 2. The van der Waals surface area contributed by atoms with Crippen molar-refractivity contribution in [2.45, 2.75) is 0 Å². The molecule has 1 aliphatic heterocycles. The molecule has 5 heteroatoms. The molecule has 1 heterocycles. The van der Waals surface area contributed by atoms with E-state index in [1.165, 1.54) is 18.2 Å². The lowest BCUT2D eigenvalue weighted by Crippen LogP contribution is -2.33. The summed E-state index contributed by atoms with van der Waals surface area (Å²) in [4.78, 5) is 28.5. The van der Waals surface area contributed by atoms with Gasteiger partial charge in [-0.05, 0) is 12.1 Å². The van der Waals surface area contributed by atoms with Gasteiger partial charge in [0.15, 0.2) is 0 Å². The van der Waals surface area contributed by atoms with E-state index in [1.807, 2.05) is 0 Å². The largest absolute Gasteiger partial charge is 0.508 e. The number of hydrogen-bond donors (Lipinski definition) is 1. The third kappa shape index (κ3) is 1.20. The highest BCUT2D eigenvalue weighted by atomic mass is 16.3. The second kappa shape index (κ2) is 2.48. The summed E-state index contributed by atoms with van der Waals surface area (Å²) in [7, 11) is 0. The van der Waals surface area contributed by atoms with Gasteiger partial charge >= 0.3 is 11.8 Å². The zero-order valence-corrected chi connectivity index (χ0v) is 6.39. The first-order valence-corrected chi connectivity index (χ1v) is 3.51. The number of benzene rings is 1. The van der Waals surface area contributed by atoms with E-state index >= 15 is 0 Å². The number of rotatable bonds is 0. The molecule has 0 radical (unpaired) electrons. The monoisotopic (exact) mass is 176 g/mol. The van der Waals surface area contributed by atoms with Crippen LogP contribution in [0.2, 0.25) is 0 Å². The summed E-state index contributed by atoms with van der Waals surface area (Å²) in [6.07, 6.45) is 0. The number of carbonyl (C=O) groups excluding carboxylic acids is 2. The molecule has 0 spiro atoms. The van der Waals surface area contributed by atoms with Gasteiger partial charge in [0.1, 0.15) is 5.75 Å². The van der Waals surface area contributed by atoms with Gasteiger partial charge in [-0.3, -0.25) is 9.59 Å². The molecule has 5 nitrogen and oxygen atoms in total. The molecule has 0 bridgehead atoms. The Bertz CT molecular complexity index is 519. The van der Waals surface area contributed by atoms with E-state index < -0.39 is 11.8 Å². The Balaban J connectivity index is 2.85. The fourth-order valence-corrected chi connectivity index (χ4v) is 1.01. The molecule has 1 aromatic carbocycles. The van der Waals surface area contributed by atoms with E-state index in [1.54, 1.807) is 0 Å². The predicted octanol–water partition coefficient (Wildman–Crippen LogP) is -1.30. The second-order valence-electron chi connectivity index (χ2n) is 2.51. The summed E-state index contributed by atoms with van der Waals surface area (Å²) >= 11 is 0. The van der Waals surface area contributed by atoms with Gasteiger partial charge in [-0.1, -0.05) is 0 Å². The smallest absolute Gasteiger partial charge is 0.338 e. The molecule has 0 saturated heterocycles. The molecule has 64 valence electrons. The highest BCUT2D eigenvalue weighted by Crippen LogP contribution is 1.99. The Hall–Kier alpha value is -2.04. The average molecular weight is 176 g/mol. The summed E-state index contributed by atoms with van der Waals surface area (Å²) in [6, 6.07) is 4.09. The lowest BCUT2D eigenvalue weighted by Gasteiger charge is -1.96. The van der Waals surface area contributed by atoms with E-state index in [9.17, 15) is 9.59 Å². The number of amides is 2. The maximum absolute atomic E-state index is 10.8. The number of nitrogens with zero attached hydrogens (tertiary/aromatic N) is 2. The van der Waals surface area contributed by atoms with Crippen molar-refractivity contribution < 1.29 is 14.7 Å². The van der Waals surface area contributed by atoms with Gasteiger partial charge in [-0.25, -0.2) is 9.98 Å². The van der Waals surface area contributed by atoms with Gasteiger partial charge in [0, 0.05) is 6.07 Å². The Labute approximate surface area is 72.1 Å². The van der Waals surface area contributed by atoms with Crippen LogP contribution in [0.25, 0.3) is 0 Å². The van der Waals surface area contributed by atoms with Gasteiger partial charge in [0.05, 0.1) is 10.7 Å². The van der Waals surface area contributed by atoms with E-state index in [0.29, 0.717) is 5.36 Å². The average Bonchev–Trinajstić information content (AvgIpc) is 2.08. The summed E-state index contributed by atoms with van der Waals surface area (Å²) in [6.45, 7) is 0. The van der Waals surface area contributed by atoms with Crippen LogP contribution in [0.3, 0.4) is 0 Å². The van der Waals surface area contributed by atoms with Crippen LogP contribution in [-0.4, -0.2) is 16.9 Å². The van der Waals surface area contributed by atoms with Crippen LogP contribution in [0.4, 0.5) is 0 Å². The Kier molecular flexibility index (Phi) is 1.45. The zero-order valence-electron chi connectivity index (χ0n) is 6.39. The highest BCUT2D eigenvalue weighted by molar-refractivity contribution is 6.36. The summed E-state index contributed by atoms with van der Waals surface area (Å²) in [5.41, 5.74) is 0. The van der Waals surface area contributed by atoms with Crippen molar-refractivity contribution in [2.24, 2.45) is 9.98 Å². The molecule has 13 heavy (non-hydrogen) atoms. The number of phenolic OH excluding ortho intramolecular Hbond substituents is 1. The SMILES string of the molecule is O=C1N=c2ccc(O)cc2=NC1=O.